The molecule has 2 rings (SSSR count). The number of aliphatic hydroxyl groups excluding tert-OH is 2. The Morgan fingerprint density at radius 1 is 1.38 bits per heavy atom. The molecule has 3 atom stereocenters. The third-order valence-corrected chi connectivity index (χ3v) is 4.56. The zero-order valence-corrected chi connectivity index (χ0v) is 13.3. The zero-order valence-electron chi connectivity index (χ0n) is 12.6. The molecule has 0 heterocycles. The fraction of sp³-hybridized carbons (Fsp3) is 0.625. The van der Waals surface area contributed by atoms with Gasteiger partial charge >= 0.3 is 0 Å². The van der Waals surface area contributed by atoms with Crippen LogP contribution in [0.15, 0.2) is 24.3 Å². The molecule has 3 unspecified atom stereocenters. The molecule has 1 aliphatic rings. The zero-order chi connectivity index (χ0) is 15.5. The first-order valence-corrected chi connectivity index (χ1v) is 7.69. The van der Waals surface area contributed by atoms with Crippen molar-refractivity contribution in [3.8, 4) is 0 Å². The molecule has 0 spiro atoms. The van der Waals surface area contributed by atoms with Gasteiger partial charge in [0.15, 0.2) is 0 Å². The molecule has 3 N–H and O–H groups in total. The van der Waals surface area contributed by atoms with E-state index in [4.69, 9.17) is 16.3 Å². The highest BCUT2D eigenvalue weighted by Crippen LogP contribution is 2.40. The molecule has 1 aromatic carbocycles. The normalized spacial score (nSPS) is 25.4. The lowest BCUT2D eigenvalue weighted by atomic mass is 9.64. The van der Waals surface area contributed by atoms with Crippen molar-refractivity contribution in [3.05, 3.63) is 34.9 Å². The van der Waals surface area contributed by atoms with Crippen molar-refractivity contribution < 1.29 is 14.9 Å². The SMILES string of the molecule is CC1(C)C(O)CC1NCC(O)COCc1ccc(Cl)cc1. The molecular formula is C16H24ClNO3. The standard InChI is InChI=1S/C16H24ClNO3/c1-16(2)14(7-15(16)20)18-8-13(19)10-21-9-11-3-5-12(17)6-4-11/h3-6,13-15,18-20H,7-10H2,1-2H3. The van der Waals surface area contributed by atoms with Crippen LogP contribution in [0, 0.1) is 5.41 Å². The van der Waals surface area contributed by atoms with E-state index in [0.717, 1.165) is 12.0 Å². The Hall–Kier alpha value is -0.650. The molecule has 0 saturated heterocycles. The fourth-order valence-corrected chi connectivity index (χ4v) is 2.61. The minimum absolute atomic E-state index is 0.121. The van der Waals surface area contributed by atoms with E-state index in [1.807, 2.05) is 38.1 Å². The topological polar surface area (TPSA) is 61.7 Å². The average molecular weight is 314 g/mol. The molecule has 1 aromatic rings. The Kier molecular flexibility index (Phi) is 5.63. The van der Waals surface area contributed by atoms with Gasteiger partial charge in [0.2, 0.25) is 0 Å². The van der Waals surface area contributed by atoms with E-state index in [1.54, 1.807) is 0 Å². The van der Waals surface area contributed by atoms with Gasteiger partial charge in [0.1, 0.15) is 0 Å². The van der Waals surface area contributed by atoms with Crippen LogP contribution < -0.4 is 5.32 Å². The summed E-state index contributed by atoms with van der Waals surface area (Å²) in [6.07, 6.45) is -0.0649. The summed E-state index contributed by atoms with van der Waals surface area (Å²) in [5.41, 5.74) is 0.909. The van der Waals surface area contributed by atoms with Crippen LogP contribution in [0.4, 0.5) is 0 Å². The van der Waals surface area contributed by atoms with Crippen molar-refractivity contribution in [2.75, 3.05) is 13.2 Å². The minimum Gasteiger partial charge on any atom is -0.392 e. The van der Waals surface area contributed by atoms with E-state index in [2.05, 4.69) is 5.32 Å². The maximum absolute atomic E-state index is 9.90. The quantitative estimate of drug-likeness (QED) is 0.720. The van der Waals surface area contributed by atoms with Crippen LogP contribution in [0.25, 0.3) is 0 Å². The molecule has 0 aliphatic heterocycles. The minimum atomic E-state index is -0.550. The number of halogens is 1. The third kappa shape index (κ3) is 4.41. The van der Waals surface area contributed by atoms with Crippen molar-refractivity contribution in [2.45, 2.75) is 45.1 Å². The summed E-state index contributed by atoms with van der Waals surface area (Å²) in [5.74, 6) is 0. The molecule has 5 heteroatoms. The van der Waals surface area contributed by atoms with Crippen molar-refractivity contribution >= 4 is 11.6 Å². The maximum Gasteiger partial charge on any atom is 0.0897 e. The number of hydrogen-bond acceptors (Lipinski definition) is 4. The number of nitrogens with one attached hydrogen (secondary N) is 1. The largest absolute Gasteiger partial charge is 0.392 e. The van der Waals surface area contributed by atoms with Crippen LogP contribution in [0.1, 0.15) is 25.8 Å². The van der Waals surface area contributed by atoms with Gasteiger partial charge in [-0.1, -0.05) is 37.6 Å². The van der Waals surface area contributed by atoms with E-state index < -0.39 is 6.10 Å². The van der Waals surface area contributed by atoms with Gasteiger partial charge < -0.3 is 20.3 Å². The number of benzene rings is 1. The lowest BCUT2D eigenvalue weighted by Crippen LogP contribution is -2.61. The van der Waals surface area contributed by atoms with Crippen LogP contribution in [-0.2, 0) is 11.3 Å². The van der Waals surface area contributed by atoms with E-state index in [1.165, 1.54) is 0 Å². The molecule has 1 fully saturated rings. The predicted molar refractivity (Wildman–Crippen MR) is 83.3 cm³/mol. The molecule has 1 saturated carbocycles. The van der Waals surface area contributed by atoms with Gasteiger partial charge in [0.25, 0.3) is 0 Å². The summed E-state index contributed by atoms with van der Waals surface area (Å²) in [6.45, 7) is 5.28. The Labute approximate surface area is 131 Å². The molecule has 0 radical (unpaired) electrons. The molecule has 0 aromatic heterocycles. The van der Waals surface area contributed by atoms with Crippen molar-refractivity contribution in [1.29, 1.82) is 0 Å². The molecule has 1 aliphatic carbocycles. The summed E-state index contributed by atoms with van der Waals surface area (Å²) >= 11 is 5.81. The van der Waals surface area contributed by atoms with Gasteiger partial charge in [-0.05, 0) is 24.1 Å². The molecular weight excluding hydrogens is 290 g/mol. The van der Waals surface area contributed by atoms with Gasteiger partial charge in [-0.25, -0.2) is 0 Å². The highest BCUT2D eigenvalue weighted by Gasteiger charge is 2.46. The first kappa shape index (κ1) is 16.7. The molecule has 0 amide bonds. The van der Waals surface area contributed by atoms with Crippen LogP contribution >= 0.6 is 11.6 Å². The maximum atomic E-state index is 9.90. The first-order valence-electron chi connectivity index (χ1n) is 7.31. The Bertz CT molecular complexity index is 449. The summed E-state index contributed by atoms with van der Waals surface area (Å²) in [7, 11) is 0. The van der Waals surface area contributed by atoms with E-state index in [9.17, 15) is 10.2 Å². The van der Waals surface area contributed by atoms with Crippen LogP contribution in [-0.4, -0.2) is 41.6 Å². The summed E-state index contributed by atoms with van der Waals surface area (Å²) in [4.78, 5) is 0. The lowest BCUT2D eigenvalue weighted by molar-refractivity contribution is -0.0768. The van der Waals surface area contributed by atoms with E-state index in [-0.39, 0.29) is 24.2 Å². The van der Waals surface area contributed by atoms with Crippen LogP contribution in [0.2, 0.25) is 5.02 Å². The number of aliphatic hydroxyl groups is 2. The van der Waals surface area contributed by atoms with E-state index >= 15 is 0 Å². The molecule has 0 bridgehead atoms. The van der Waals surface area contributed by atoms with Crippen molar-refractivity contribution in [3.63, 3.8) is 0 Å². The second kappa shape index (κ2) is 7.07. The smallest absolute Gasteiger partial charge is 0.0897 e. The third-order valence-electron chi connectivity index (χ3n) is 4.31. The Morgan fingerprint density at radius 2 is 2.05 bits per heavy atom. The molecule has 4 nitrogen and oxygen atoms in total. The number of ether oxygens (including phenoxy) is 1. The van der Waals surface area contributed by atoms with Gasteiger partial charge in [-0.2, -0.15) is 0 Å². The van der Waals surface area contributed by atoms with Crippen LogP contribution in [0.3, 0.4) is 0 Å². The van der Waals surface area contributed by atoms with Crippen LogP contribution in [0.5, 0.6) is 0 Å². The lowest BCUT2D eigenvalue weighted by Gasteiger charge is -2.49. The second-order valence-corrected chi connectivity index (χ2v) is 6.77. The van der Waals surface area contributed by atoms with Gasteiger partial charge in [0, 0.05) is 23.0 Å². The van der Waals surface area contributed by atoms with Gasteiger partial charge in [-0.3, -0.25) is 0 Å². The Balaban J connectivity index is 1.62. The highest BCUT2D eigenvalue weighted by atomic mass is 35.5. The van der Waals surface area contributed by atoms with Crippen molar-refractivity contribution in [2.24, 2.45) is 5.41 Å². The number of hydrogen-bond donors (Lipinski definition) is 3. The monoisotopic (exact) mass is 313 g/mol. The summed E-state index contributed by atoms with van der Waals surface area (Å²) in [5, 5.41) is 23.6. The summed E-state index contributed by atoms with van der Waals surface area (Å²) < 4.78 is 5.50. The van der Waals surface area contributed by atoms with Gasteiger partial charge in [0.05, 0.1) is 25.4 Å². The Morgan fingerprint density at radius 3 is 2.62 bits per heavy atom. The van der Waals surface area contributed by atoms with Gasteiger partial charge in [-0.15, -0.1) is 0 Å². The first-order chi connectivity index (χ1) is 9.89. The van der Waals surface area contributed by atoms with E-state index in [0.29, 0.717) is 18.2 Å². The predicted octanol–water partition coefficient (Wildman–Crippen LogP) is 1.97. The number of rotatable bonds is 7. The molecule has 118 valence electrons. The molecule has 21 heavy (non-hydrogen) atoms. The fourth-order valence-electron chi connectivity index (χ4n) is 2.48. The highest BCUT2D eigenvalue weighted by molar-refractivity contribution is 6.30. The average Bonchev–Trinajstić information content (AvgIpc) is 2.45. The second-order valence-electron chi connectivity index (χ2n) is 6.33. The summed E-state index contributed by atoms with van der Waals surface area (Å²) in [6, 6.07) is 7.71. The van der Waals surface area contributed by atoms with Crippen molar-refractivity contribution in [1.82, 2.24) is 5.32 Å².